The lowest BCUT2D eigenvalue weighted by molar-refractivity contribution is 0.168. The zero-order valence-corrected chi connectivity index (χ0v) is 22.2. The summed E-state index contributed by atoms with van der Waals surface area (Å²) < 4.78 is 15.0. The SMILES string of the molecule is Cc1ccc(F)c(NC(=O)Nc2ccc(-c3csc4c(C#CCN5CCN(C)CC5)cnc(N)c34)cc2)c1. The van der Waals surface area contributed by atoms with Gasteiger partial charge in [0, 0.05) is 49.0 Å². The van der Waals surface area contributed by atoms with Crippen LogP contribution in [0.25, 0.3) is 21.2 Å². The van der Waals surface area contributed by atoms with Crippen molar-refractivity contribution in [3.63, 3.8) is 0 Å². The van der Waals surface area contributed by atoms with Gasteiger partial charge in [0.05, 0.1) is 22.5 Å². The fourth-order valence-electron chi connectivity index (χ4n) is 4.37. The summed E-state index contributed by atoms with van der Waals surface area (Å²) in [5.74, 6) is 6.59. The molecule has 1 aliphatic heterocycles. The van der Waals surface area contributed by atoms with Crippen molar-refractivity contribution in [2.45, 2.75) is 6.92 Å². The van der Waals surface area contributed by atoms with E-state index in [-0.39, 0.29) is 5.69 Å². The number of likely N-dealkylation sites (N-methyl/N-ethyl adjacent to an activating group) is 1. The Labute approximate surface area is 225 Å². The average Bonchev–Trinajstić information content (AvgIpc) is 3.35. The van der Waals surface area contributed by atoms with Crippen LogP contribution in [0.15, 0.2) is 54.0 Å². The zero-order valence-electron chi connectivity index (χ0n) is 21.3. The van der Waals surface area contributed by atoms with Crippen LogP contribution in [0.5, 0.6) is 0 Å². The Morgan fingerprint density at radius 1 is 1.13 bits per heavy atom. The molecule has 0 saturated carbocycles. The number of fused-ring (bicyclic) bond motifs is 1. The molecule has 9 heteroatoms. The summed E-state index contributed by atoms with van der Waals surface area (Å²) in [5, 5.41) is 8.24. The van der Waals surface area contributed by atoms with Crippen LogP contribution in [0.4, 0.5) is 26.4 Å². The van der Waals surface area contributed by atoms with Crippen molar-refractivity contribution in [3.8, 4) is 23.0 Å². The van der Waals surface area contributed by atoms with Crippen LogP contribution in [-0.2, 0) is 0 Å². The molecule has 2 aromatic heterocycles. The second kappa shape index (κ2) is 11.2. The monoisotopic (exact) mass is 528 g/mol. The summed E-state index contributed by atoms with van der Waals surface area (Å²) in [6.07, 6.45) is 1.75. The second-order valence-corrected chi connectivity index (χ2v) is 10.3. The number of anilines is 3. The number of carbonyl (C=O) groups is 1. The predicted octanol–water partition coefficient (Wildman–Crippen LogP) is 5.24. The number of nitrogens with zero attached hydrogens (tertiary/aromatic N) is 3. The molecule has 0 atom stereocenters. The summed E-state index contributed by atoms with van der Waals surface area (Å²) in [6, 6.07) is 11.5. The number of benzene rings is 2. The summed E-state index contributed by atoms with van der Waals surface area (Å²) >= 11 is 1.60. The van der Waals surface area contributed by atoms with Crippen LogP contribution in [0.3, 0.4) is 0 Å². The number of nitrogen functional groups attached to an aromatic ring is 1. The van der Waals surface area contributed by atoms with Crippen molar-refractivity contribution >= 4 is 44.6 Å². The fourth-order valence-corrected chi connectivity index (χ4v) is 5.43. The third kappa shape index (κ3) is 5.78. The number of thiophene rings is 1. The molecular formula is C29H29FN6OS. The van der Waals surface area contributed by atoms with Crippen molar-refractivity contribution in [2.24, 2.45) is 0 Å². The van der Waals surface area contributed by atoms with E-state index in [0.717, 1.165) is 65.1 Å². The lowest BCUT2D eigenvalue weighted by Crippen LogP contribution is -2.44. The van der Waals surface area contributed by atoms with Crippen molar-refractivity contribution in [2.75, 3.05) is 56.1 Å². The average molecular weight is 529 g/mol. The first-order chi connectivity index (χ1) is 18.4. The molecule has 0 bridgehead atoms. The van der Waals surface area contributed by atoms with Crippen LogP contribution in [0, 0.1) is 24.6 Å². The van der Waals surface area contributed by atoms with Gasteiger partial charge in [-0.15, -0.1) is 11.3 Å². The van der Waals surface area contributed by atoms with E-state index in [1.807, 2.05) is 19.1 Å². The Kier molecular flexibility index (Phi) is 7.56. The van der Waals surface area contributed by atoms with Gasteiger partial charge in [-0.3, -0.25) is 4.90 Å². The lowest BCUT2D eigenvalue weighted by Gasteiger charge is -2.30. The number of hydrogen-bond acceptors (Lipinski definition) is 6. The third-order valence-corrected chi connectivity index (χ3v) is 7.58. The number of urea groups is 1. The highest BCUT2D eigenvalue weighted by Gasteiger charge is 2.15. The van der Waals surface area contributed by atoms with Gasteiger partial charge in [0.1, 0.15) is 11.6 Å². The second-order valence-electron chi connectivity index (χ2n) is 9.43. The van der Waals surface area contributed by atoms with Gasteiger partial charge in [0.25, 0.3) is 0 Å². The van der Waals surface area contributed by atoms with Gasteiger partial charge >= 0.3 is 6.03 Å². The third-order valence-electron chi connectivity index (χ3n) is 6.57. The molecule has 2 aromatic carbocycles. The van der Waals surface area contributed by atoms with Gasteiger partial charge in [-0.1, -0.05) is 30.0 Å². The van der Waals surface area contributed by atoms with E-state index >= 15 is 0 Å². The Morgan fingerprint density at radius 3 is 2.66 bits per heavy atom. The molecule has 0 radical (unpaired) electrons. The lowest BCUT2D eigenvalue weighted by atomic mass is 10.0. The largest absolute Gasteiger partial charge is 0.383 e. The Hall–Kier alpha value is -3.97. The number of nitrogens with two attached hydrogens (primary N) is 1. The number of nitrogens with one attached hydrogen (secondary N) is 2. The van der Waals surface area contributed by atoms with E-state index in [1.54, 1.807) is 41.8 Å². The van der Waals surface area contributed by atoms with E-state index < -0.39 is 11.8 Å². The molecule has 7 nitrogen and oxygen atoms in total. The van der Waals surface area contributed by atoms with E-state index in [9.17, 15) is 9.18 Å². The first-order valence-corrected chi connectivity index (χ1v) is 13.3. The van der Waals surface area contributed by atoms with Crippen LogP contribution < -0.4 is 16.4 Å². The molecule has 0 aliphatic carbocycles. The Morgan fingerprint density at radius 2 is 1.89 bits per heavy atom. The zero-order chi connectivity index (χ0) is 26.6. The number of rotatable bonds is 4. The van der Waals surface area contributed by atoms with E-state index in [1.165, 1.54) is 6.07 Å². The summed E-state index contributed by atoms with van der Waals surface area (Å²) in [4.78, 5) is 21.5. The number of amides is 2. The molecule has 194 valence electrons. The first-order valence-electron chi connectivity index (χ1n) is 12.4. The summed E-state index contributed by atoms with van der Waals surface area (Å²) in [7, 11) is 2.14. The standard InChI is InChI=1S/C29H29FN6OS/c1-19-5-10-24(30)25(16-19)34-29(37)33-22-8-6-20(7-9-22)23-18-38-27-21(17-32-28(31)26(23)27)4-3-11-36-14-12-35(2)13-15-36/h5-10,16-18H,11-15H2,1-2H3,(H2,31,32)(H2,33,34,37). The van der Waals surface area contributed by atoms with Crippen LogP contribution >= 0.6 is 11.3 Å². The molecule has 1 aliphatic rings. The molecular weight excluding hydrogens is 499 g/mol. The smallest absolute Gasteiger partial charge is 0.323 e. The highest BCUT2D eigenvalue weighted by atomic mass is 32.1. The minimum Gasteiger partial charge on any atom is -0.383 e. The van der Waals surface area contributed by atoms with Crippen LogP contribution in [0.2, 0.25) is 0 Å². The van der Waals surface area contributed by atoms with Gasteiger partial charge in [-0.2, -0.15) is 0 Å². The van der Waals surface area contributed by atoms with E-state index in [0.29, 0.717) is 11.5 Å². The quantitative estimate of drug-likeness (QED) is 0.316. The minimum absolute atomic E-state index is 0.134. The number of halogens is 1. The van der Waals surface area contributed by atoms with Gasteiger partial charge in [0.2, 0.25) is 0 Å². The van der Waals surface area contributed by atoms with Gasteiger partial charge in [-0.25, -0.2) is 14.2 Å². The molecule has 0 unspecified atom stereocenters. The van der Waals surface area contributed by atoms with Crippen LogP contribution in [-0.4, -0.2) is 60.6 Å². The summed E-state index contributed by atoms with van der Waals surface area (Å²) in [5.41, 5.74) is 10.7. The molecule has 38 heavy (non-hydrogen) atoms. The molecule has 0 spiro atoms. The number of pyridine rings is 1. The highest BCUT2D eigenvalue weighted by molar-refractivity contribution is 7.18. The molecule has 4 N–H and O–H groups in total. The molecule has 3 heterocycles. The Bertz CT molecular complexity index is 1530. The maximum atomic E-state index is 14.0. The van der Waals surface area contributed by atoms with Crippen LogP contribution in [0.1, 0.15) is 11.1 Å². The normalized spacial score (nSPS) is 14.2. The highest BCUT2D eigenvalue weighted by Crippen LogP contribution is 2.38. The number of aromatic nitrogens is 1. The van der Waals surface area contributed by atoms with E-state index in [4.69, 9.17) is 5.73 Å². The topological polar surface area (TPSA) is 86.5 Å². The van der Waals surface area contributed by atoms with Gasteiger partial charge in [-0.05, 0) is 54.7 Å². The van der Waals surface area contributed by atoms with Crippen molar-refractivity contribution in [1.29, 1.82) is 0 Å². The molecule has 2 amide bonds. The summed E-state index contributed by atoms with van der Waals surface area (Å²) in [6.45, 7) is 6.75. The number of piperazine rings is 1. The minimum atomic E-state index is -0.517. The molecule has 1 saturated heterocycles. The number of hydrogen-bond donors (Lipinski definition) is 3. The maximum Gasteiger partial charge on any atom is 0.323 e. The van der Waals surface area contributed by atoms with Gasteiger partial charge < -0.3 is 21.3 Å². The van der Waals surface area contributed by atoms with Crippen molar-refractivity contribution in [1.82, 2.24) is 14.8 Å². The molecule has 4 aromatic rings. The van der Waals surface area contributed by atoms with Crippen molar-refractivity contribution in [3.05, 3.63) is 71.0 Å². The van der Waals surface area contributed by atoms with E-state index in [2.05, 4.69) is 49.7 Å². The molecule has 5 rings (SSSR count). The first kappa shape index (κ1) is 25.7. The fraction of sp³-hybridized carbons (Fsp3) is 0.241. The van der Waals surface area contributed by atoms with Gasteiger partial charge in [0.15, 0.2) is 0 Å². The van der Waals surface area contributed by atoms with Crippen molar-refractivity contribution < 1.29 is 9.18 Å². The molecule has 1 fully saturated rings. The Balaban J connectivity index is 1.30. The number of carbonyl (C=O) groups excluding carboxylic acids is 1. The predicted molar refractivity (Wildman–Crippen MR) is 154 cm³/mol. The number of aryl methyl sites for hydroxylation is 1. The maximum absolute atomic E-state index is 14.0.